The van der Waals surface area contributed by atoms with E-state index in [0.29, 0.717) is 12.1 Å². The van der Waals surface area contributed by atoms with Gasteiger partial charge < -0.3 is 9.67 Å². The molecule has 1 heterocycles. The predicted octanol–water partition coefficient (Wildman–Crippen LogP) is 5.86. The lowest BCUT2D eigenvalue weighted by Gasteiger charge is -2.15. The SMILES string of the molecule is N#C/C(=C\c1cn(Cc2cc(C(F)(F)F)cc(C(F)(F)F)c2)c2cccc(F)c12)C(=O)O. The van der Waals surface area contributed by atoms with Crippen molar-refractivity contribution < 1.29 is 40.6 Å². The van der Waals surface area contributed by atoms with Gasteiger partial charge in [-0.25, -0.2) is 9.18 Å². The van der Waals surface area contributed by atoms with Gasteiger partial charge in [0.25, 0.3) is 0 Å². The van der Waals surface area contributed by atoms with Crippen LogP contribution in [0.15, 0.2) is 48.2 Å². The minimum absolute atomic E-state index is 0.00282. The highest BCUT2D eigenvalue weighted by Crippen LogP contribution is 2.37. The van der Waals surface area contributed by atoms with Gasteiger partial charge in [0.05, 0.1) is 16.6 Å². The van der Waals surface area contributed by atoms with Crippen molar-refractivity contribution in [2.75, 3.05) is 0 Å². The Morgan fingerprint density at radius 3 is 2.16 bits per heavy atom. The monoisotopic (exact) mass is 456 g/mol. The molecule has 0 aliphatic heterocycles. The van der Waals surface area contributed by atoms with Crippen molar-refractivity contribution in [1.82, 2.24) is 4.57 Å². The average Bonchev–Trinajstić information content (AvgIpc) is 3.02. The van der Waals surface area contributed by atoms with Crippen LogP contribution in [0.2, 0.25) is 0 Å². The molecule has 1 aromatic heterocycles. The summed E-state index contributed by atoms with van der Waals surface area (Å²) in [6.07, 6.45) is -8.03. The molecule has 1 N–H and O–H groups in total. The van der Waals surface area contributed by atoms with Crippen LogP contribution < -0.4 is 0 Å². The minimum Gasteiger partial charge on any atom is -0.477 e. The van der Waals surface area contributed by atoms with Crippen LogP contribution in [0.5, 0.6) is 0 Å². The largest absolute Gasteiger partial charge is 0.477 e. The van der Waals surface area contributed by atoms with Crippen molar-refractivity contribution in [2.24, 2.45) is 0 Å². The zero-order valence-electron chi connectivity index (χ0n) is 15.7. The van der Waals surface area contributed by atoms with E-state index in [4.69, 9.17) is 10.4 Å². The second-order valence-electron chi connectivity index (χ2n) is 6.74. The molecule has 0 fully saturated rings. The van der Waals surface area contributed by atoms with E-state index in [-0.39, 0.29) is 28.1 Å². The number of fused-ring (bicyclic) bond motifs is 1. The molecule has 32 heavy (non-hydrogen) atoms. The fourth-order valence-electron chi connectivity index (χ4n) is 3.18. The van der Waals surface area contributed by atoms with Crippen molar-refractivity contribution in [3.8, 4) is 6.07 Å². The van der Waals surface area contributed by atoms with Crippen molar-refractivity contribution in [2.45, 2.75) is 18.9 Å². The van der Waals surface area contributed by atoms with E-state index in [0.717, 1.165) is 18.3 Å². The van der Waals surface area contributed by atoms with E-state index in [1.54, 1.807) is 0 Å². The molecule has 0 unspecified atom stereocenters. The second-order valence-corrected chi connectivity index (χ2v) is 6.74. The molecule has 0 aliphatic carbocycles. The number of carboxylic acids is 1. The van der Waals surface area contributed by atoms with E-state index >= 15 is 0 Å². The summed E-state index contributed by atoms with van der Waals surface area (Å²) in [5.41, 5.74) is -4.07. The van der Waals surface area contributed by atoms with Gasteiger partial charge in [0.1, 0.15) is 17.5 Å². The number of benzene rings is 2. The number of rotatable bonds is 4. The number of carboxylic acid groups (broad SMARTS) is 1. The van der Waals surface area contributed by atoms with Gasteiger partial charge in [0, 0.05) is 23.7 Å². The lowest BCUT2D eigenvalue weighted by Crippen LogP contribution is -2.12. The van der Waals surface area contributed by atoms with Gasteiger partial charge in [-0.1, -0.05) is 6.07 Å². The van der Waals surface area contributed by atoms with Crippen LogP contribution in [-0.4, -0.2) is 15.6 Å². The van der Waals surface area contributed by atoms with Gasteiger partial charge >= 0.3 is 18.3 Å². The minimum atomic E-state index is -5.03. The molecule has 0 aliphatic rings. The molecule has 0 atom stereocenters. The van der Waals surface area contributed by atoms with Gasteiger partial charge in [-0.05, 0) is 42.0 Å². The van der Waals surface area contributed by atoms with Crippen molar-refractivity contribution in [3.05, 3.63) is 76.2 Å². The van der Waals surface area contributed by atoms with E-state index < -0.39 is 47.4 Å². The number of halogens is 7. The number of alkyl halides is 6. The number of hydrogen-bond donors (Lipinski definition) is 1. The maximum Gasteiger partial charge on any atom is 0.416 e. The van der Waals surface area contributed by atoms with Crippen molar-refractivity contribution in [3.63, 3.8) is 0 Å². The third-order valence-electron chi connectivity index (χ3n) is 4.54. The molecule has 2 aromatic carbocycles. The van der Waals surface area contributed by atoms with Crippen LogP contribution >= 0.6 is 0 Å². The summed E-state index contributed by atoms with van der Waals surface area (Å²) in [6.45, 7) is -0.504. The first kappa shape index (κ1) is 22.9. The Bertz CT molecular complexity index is 1250. The highest BCUT2D eigenvalue weighted by molar-refractivity contribution is 6.00. The Labute approximate surface area is 175 Å². The number of carbonyl (C=O) groups is 1. The molecule has 3 aromatic rings. The van der Waals surface area contributed by atoms with Crippen LogP contribution in [0.4, 0.5) is 30.7 Å². The van der Waals surface area contributed by atoms with E-state index in [9.17, 15) is 35.5 Å². The first-order valence-corrected chi connectivity index (χ1v) is 8.72. The van der Waals surface area contributed by atoms with Gasteiger partial charge in [0.2, 0.25) is 0 Å². The Hall–Kier alpha value is -3.81. The molecule has 0 spiro atoms. The standard InChI is InChI=1S/C21H11F7N2O2/c22-16-2-1-3-17-18(16)13(6-12(8-29)19(31)32)10-30(17)9-11-4-14(20(23,24)25)7-15(5-11)21(26,27)28/h1-7,10H,9H2,(H,31,32)/b12-6+. The average molecular weight is 456 g/mol. The molecular weight excluding hydrogens is 445 g/mol. The predicted molar refractivity (Wildman–Crippen MR) is 98.7 cm³/mol. The maximum atomic E-state index is 14.4. The van der Waals surface area contributed by atoms with Crippen LogP contribution in [0.3, 0.4) is 0 Å². The van der Waals surface area contributed by atoms with E-state index in [1.807, 2.05) is 0 Å². The topological polar surface area (TPSA) is 66.0 Å². The van der Waals surface area contributed by atoms with Crippen LogP contribution in [0.25, 0.3) is 17.0 Å². The number of aliphatic carboxylic acids is 1. The summed E-state index contributed by atoms with van der Waals surface area (Å²) < 4.78 is 94.4. The summed E-state index contributed by atoms with van der Waals surface area (Å²) >= 11 is 0. The number of aromatic nitrogens is 1. The number of nitriles is 1. The molecule has 0 saturated carbocycles. The summed E-state index contributed by atoms with van der Waals surface area (Å²) in [6, 6.07) is 6.20. The molecular formula is C21H11F7N2O2. The normalized spacial score (nSPS) is 12.8. The summed E-state index contributed by atoms with van der Waals surface area (Å²) in [4.78, 5) is 11.1. The smallest absolute Gasteiger partial charge is 0.416 e. The van der Waals surface area contributed by atoms with Gasteiger partial charge in [-0.2, -0.15) is 31.6 Å². The zero-order chi connectivity index (χ0) is 23.8. The molecule has 0 saturated heterocycles. The Kier molecular flexibility index (Phi) is 5.74. The molecule has 3 rings (SSSR count). The highest BCUT2D eigenvalue weighted by Gasteiger charge is 2.36. The van der Waals surface area contributed by atoms with Crippen LogP contribution in [-0.2, 0) is 23.7 Å². The molecule has 166 valence electrons. The van der Waals surface area contributed by atoms with Crippen molar-refractivity contribution >= 4 is 22.9 Å². The Morgan fingerprint density at radius 2 is 1.66 bits per heavy atom. The fraction of sp³-hybridized carbons (Fsp3) is 0.143. The lowest BCUT2D eigenvalue weighted by atomic mass is 10.0. The summed E-state index contributed by atoms with van der Waals surface area (Å²) in [7, 11) is 0. The van der Waals surface area contributed by atoms with Crippen molar-refractivity contribution in [1.29, 1.82) is 5.26 Å². The fourth-order valence-corrected chi connectivity index (χ4v) is 3.18. The molecule has 0 radical (unpaired) electrons. The Morgan fingerprint density at radius 1 is 1.06 bits per heavy atom. The van der Waals surface area contributed by atoms with Gasteiger partial charge in [-0.3, -0.25) is 0 Å². The van der Waals surface area contributed by atoms with E-state index in [2.05, 4.69) is 0 Å². The third kappa shape index (κ3) is 4.59. The molecule has 11 heteroatoms. The highest BCUT2D eigenvalue weighted by atomic mass is 19.4. The van der Waals surface area contributed by atoms with Gasteiger partial charge in [-0.15, -0.1) is 0 Å². The summed E-state index contributed by atoms with van der Waals surface area (Å²) in [5.74, 6) is -2.40. The molecule has 0 bridgehead atoms. The quantitative estimate of drug-likeness (QED) is 0.304. The van der Waals surface area contributed by atoms with E-state index in [1.165, 1.54) is 22.8 Å². The summed E-state index contributed by atoms with van der Waals surface area (Å²) in [5, 5.41) is 17.8. The lowest BCUT2D eigenvalue weighted by molar-refractivity contribution is -0.143. The zero-order valence-corrected chi connectivity index (χ0v) is 15.7. The first-order valence-electron chi connectivity index (χ1n) is 8.72. The Balaban J connectivity index is 2.20. The number of nitrogens with zero attached hydrogens (tertiary/aromatic N) is 2. The second kappa shape index (κ2) is 8.03. The van der Waals surface area contributed by atoms with Crippen LogP contribution in [0.1, 0.15) is 22.3 Å². The third-order valence-corrected chi connectivity index (χ3v) is 4.54. The molecule has 0 amide bonds. The number of hydrogen-bond acceptors (Lipinski definition) is 2. The maximum absolute atomic E-state index is 14.4. The first-order chi connectivity index (χ1) is 14.8. The van der Waals surface area contributed by atoms with Crippen LogP contribution in [0, 0.1) is 17.1 Å². The molecule has 4 nitrogen and oxygen atoms in total. The van der Waals surface area contributed by atoms with Gasteiger partial charge in [0.15, 0.2) is 0 Å².